The Bertz CT molecular complexity index is 1130. The standard InChI is InChI=1S/C19H19N7O/c27-19-24-23-17(26(19)14-6-2-1-3-7-14)13-5-4-10-25(11-13)18-15-8-9-20-16(15)21-12-22-18/h1-3,6-9,12-13H,4-5,10-11H2,(H,24,27)(H,20,21,22)/t13-/m1/s1. The summed E-state index contributed by atoms with van der Waals surface area (Å²) >= 11 is 0. The molecule has 27 heavy (non-hydrogen) atoms. The highest BCUT2D eigenvalue weighted by molar-refractivity contribution is 5.87. The fraction of sp³-hybridized carbons (Fsp3) is 0.263. The maximum absolute atomic E-state index is 12.4. The maximum atomic E-state index is 12.4. The predicted molar refractivity (Wildman–Crippen MR) is 102 cm³/mol. The van der Waals surface area contributed by atoms with E-state index in [-0.39, 0.29) is 11.6 Å². The van der Waals surface area contributed by atoms with Crippen molar-refractivity contribution >= 4 is 16.9 Å². The molecule has 1 fully saturated rings. The summed E-state index contributed by atoms with van der Waals surface area (Å²) in [4.78, 5) is 26.6. The van der Waals surface area contributed by atoms with E-state index in [1.165, 1.54) is 0 Å². The summed E-state index contributed by atoms with van der Waals surface area (Å²) in [5.74, 6) is 1.84. The molecule has 5 rings (SSSR count). The van der Waals surface area contributed by atoms with Gasteiger partial charge in [-0.05, 0) is 31.0 Å². The van der Waals surface area contributed by atoms with Crippen molar-refractivity contribution < 1.29 is 0 Å². The minimum atomic E-state index is -0.205. The number of nitrogens with zero attached hydrogens (tertiary/aromatic N) is 5. The Kier molecular flexibility index (Phi) is 3.74. The van der Waals surface area contributed by atoms with Gasteiger partial charge in [-0.1, -0.05) is 18.2 Å². The Morgan fingerprint density at radius 3 is 2.89 bits per heavy atom. The summed E-state index contributed by atoms with van der Waals surface area (Å²) in [6, 6.07) is 11.6. The van der Waals surface area contributed by atoms with Crippen LogP contribution < -0.4 is 10.6 Å². The first kappa shape index (κ1) is 15.8. The second kappa shape index (κ2) is 6.39. The number of anilines is 1. The summed E-state index contributed by atoms with van der Waals surface area (Å²) in [7, 11) is 0. The number of aromatic nitrogens is 6. The van der Waals surface area contributed by atoms with Crippen molar-refractivity contribution in [1.82, 2.24) is 29.7 Å². The number of rotatable bonds is 3. The Balaban J connectivity index is 1.51. The van der Waals surface area contributed by atoms with Crippen molar-refractivity contribution in [1.29, 1.82) is 0 Å². The minimum absolute atomic E-state index is 0.141. The lowest BCUT2D eigenvalue weighted by Gasteiger charge is -2.33. The van der Waals surface area contributed by atoms with Gasteiger partial charge in [0, 0.05) is 25.2 Å². The van der Waals surface area contributed by atoms with Gasteiger partial charge < -0.3 is 9.88 Å². The summed E-state index contributed by atoms with van der Waals surface area (Å²) in [6.07, 6.45) is 5.46. The van der Waals surface area contributed by atoms with Crippen molar-refractivity contribution in [2.75, 3.05) is 18.0 Å². The van der Waals surface area contributed by atoms with Crippen LogP contribution in [0.25, 0.3) is 16.7 Å². The Labute approximate surface area is 154 Å². The topological polar surface area (TPSA) is 95.5 Å². The molecule has 1 aliphatic rings. The molecule has 136 valence electrons. The molecule has 4 heterocycles. The third-order valence-electron chi connectivity index (χ3n) is 5.13. The molecule has 0 aliphatic carbocycles. The molecule has 0 bridgehead atoms. The van der Waals surface area contributed by atoms with Crippen molar-refractivity contribution in [2.45, 2.75) is 18.8 Å². The van der Waals surface area contributed by atoms with Crippen molar-refractivity contribution in [3.8, 4) is 5.69 Å². The van der Waals surface area contributed by atoms with Crippen molar-refractivity contribution in [3.05, 3.63) is 65.2 Å². The fourth-order valence-corrected chi connectivity index (χ4v) is 3.90. The first-order chi connectivity index (χ1) is 13.3. The van der Waals surface area contributed by atoms with E-state index in [4.69, 9.17) is 0 Å². The third kappa shape index (κ3) is 2.69. The molecule has 8 nitrogen and oxygen atoms in total. The summed E-state index contributed by atoms with van der Waals surface area (Å²) in [5, 5.41) is 7.99. The average Bonchev–Trinajstić information content (AvgIpc) is 3.35. The second-order valence-corrected chi connectivity index (χ2v) is 6.78. The van der Waals surface area contributed by atoms with Gasteiger partial charge in [0.1, 0.15) is 23.6 Å². The molecule has 8 heteroatoms. The molecule has 0 saturated carbocycles. The van der Waals surface area contributed by atoms with Crippen LogP contribution in [0.5, 0.6) is 0 Å². The SMILES string of the molecule is O=c1[nH]nc([C@@H]2CCCN(c3ncnc4[nH]ccc34)C2)n1-c1ccccc1. The zero-order valence-electron chi connectivity index (χ0n) is 14.7. The predicted octanol–water partition coefficient (Wildman–Crippen LogP) is 2.22. The van der Waals surface area contributed by atoms with E-state index in [9.17, 15) is 4.79 Å². The molecule has 0 amide bonds. The normalized spacial score (nSPS) is 17.5. The zero-order valence-corrected chi connectivity index (χ0v) is 14.7. The van der Waals surface area contributed by atoms with Crippen LogP contribution in [0, 0.1) is 0 Å². The van der Waals surface area contributed by atoms with Crippen LogP contribution >= 0.6 is 0 Å². The van der Waals surface area contributed by atoms with E-state index in [0.29, 0.717) is 0 Å². The maximum Gasteiger partial charge on any atom is 0.347 e. The van der Waals surface area contributed by atoms with Crippen LogP contribution in [0.4, 0.5) is 5.82 Å². The number of hydrogen-bond donors (Lipinski definition) is 2. The highest BCUT2D eigenvalue weighted by atomic mass is 16.1. The number of nitrogens with one attached hydrogen (secondary N) is 2. The molecule has 0 spiro atoms. The first-order valence-corrected chi connectivity index (χ1v) is 9.07. The number of fused-ring (bicyclic) bond motifs is 1. The van der Waals surface area contributed by atoms with Gasteiger partial charge in [-0.15, -0.1) is 0 Å². The Morgan fingerprint density at radius 2 is 2.00 bits per heavy atom. The Morgan fingerprint density at radius 1 is 1.11 bits per heavy atom. The fourth-order valence-electron chi connectivity index (χ4n) is 3.90. The van der Waals surface area contributed by atoms with Crippen LogP contribution in [0.2, 0.25) is 0 Å². The molecule has 3 aromatic heterocycles. The van der Waals surface area contributed by atoms with Gasteiger partial charge in [-0.25, -0.2) is 24.4 Å². The van der Waals surface area contributed by atoms with E-state index in [1.807, 2.05) is 42.6 Å². The van der Waals surface area contributed by atoms with Crippen LogP contribution in [0.15, 0.2) is 53.7 Å². The summed E-state index contributed by atoms with van der Waals surface area (Å²) in [6.45, 7) is 1.68. The quantitative estimate of drug-likeness (QED) is 0.583. The van der Waals surface area contributed by atoms with Gasteiger partial charge in [0.2, 0.25) is 0 Å². The number of para-hydroxylation sites is 1. The molecule has 4 aromatic rings. The summed E-state index contributed by atoms with van der Waals surface area (Å²) < 4.78 is 1.68. The zero-order chi connectivity index (χ0) is 18.2. The molecular formula is C19H19N7O. The third-order valence-corrected chi connectivity index (χ3v) is 5.13. The van der Waals surface area contributed by atoms with E-state index >= 15 is 0 Å². The molecule has 1 aromatic carbocycles. The lowest BCUT2D eigenvalue weighted by atomic mass is 9.96. The molecule has 1 aliphatic heterocycles. The molecule has 0 unspecified atom stereocenters. The van der Waals surface area contributed by atoms with Gasteiger partial charge in [0.15, 0.2) is 0 Å². The lowest BCUT2D eigenvalue weighted by molar-refractivity contribution is 0.483. The van der Waals surface area contributed by atoms with Gasteiger partial charge in [-0.2, -0.15) is 5.10 Å². The second-order valence-electron chi connectivity index (χ2n) is 6.78. The van der Waals surface area contributed by atoms with Gasteiger partial charge in [0.25, 0.3) is 0 Å². The largest absolute Gasteiger partial charge is 0.355 e. The Hall–Kier alpha value is -3.42. The van der Waals surface area contributed by atoms with E-state index in [0.717, 1.165) is 54.3 Å². The average molecular weight is 361 g/mol. The van der Waals surface area contributed by atoms with Crippen molar-refractivity contribution in [2.24, 2.45) is 0 Å². The number of H-pyrrole nitrogens is 2. The number of hydrogen-bond acceptors (Lipinski definition) is 5. The highest BCUT2D eigenvalue weighted by Gasteiger charge is 2.28. The first-order valence-electron chi connectivity index (χ1n) is 9.07. The van der Waals surface area contributed by atoms with E-state index < -0.39 is 0 Å². The van der Waals surface area contributed by atoms with Crippen LogP contribution in [-0.2, 0) is 0 Å². The summed E-state index contributed by atoms with van der Waals surface area (Å²) in [5.41, 5.74) is 1.46. The van der Waals surface area contributed by atoms with Gasteiger partial charge in [0.05, 0.1) is 11.1 Å². The number of benzene rings is 1. The van der Waals surface area contributed by atoms with Crippen LogP contribution in [0.3, 0.4) is 0 Å². The van der Waals surface area contributed by atoms with Gasteiger partial charge >= 0.3 is 5.69 Å². The highest BCUT2D eigenvalue weighted by Crippen LogP contribution is 2.31. The number of piperidine rings is 1. The van der Waals surface area contributed by atoms with Gasteiger partial charge in [-0.3, -0.25) is 0 Å². The molecule has 1 saturated heterocycles. The molecule has 2 N–H and O–H groups in total. The lowest BCUT2D eigenvalue weighted by Crippen LogP contribution is -2.36. The molecule has 1 atom stereocenters. The molecular weight excluding hydrogens is 342 g/mol. The monoisotopic (exact) mass is 361 g/mol. The number of aromatic amines is 2. The van der Waals surface area contributed by atoms with E-state index in [1.54, 1.807) is 10.9 Å². The van der Waals surface area contributed by atoms with Crippen molar-refractivity contribution in [3.63, 3.8) is 0 Å². The smallest absolute Gasteiger partial charge is 0.347 e. The molecule has 0 radical (unpaired) electrons. The minimum Gasteiger partial charge on any atom is -0.355 e. The van der Waals surface area contributed by atoms with Crippen LogP contribution in [0.1, 0.15) is 24.6 Å². The van der Waals surface area contributed by atoms with Crippen LogP contribution in [-0.4, -0.2) is 42.8 Å². The van der Waals surface area contributed by atoms with E-state index in [2.05, 4.69) is 30.0 Å².